The predicted octanol–water partition coefficient (Wildman–Crippen LogP) is 2.99. The fraction of sp³-hybridized carbons (Fsp3) is 0.188. The highest BCUT2D eigenvalue weighted by Crippen LogP contribution is 2.27. The van der Waals surface area contributed by atoms with Crippen molar-refractivity contribution in [1.29, 1.82) is 0 Å². The van der Waals surface area contributed by atoms with Crippen LogP contribution in [0, 0.1) is 5.82 Å². The van der Waals surface area contributed by atoms with Crippen molar-refractivity contribution in [2.24, 2.45) is 0 Å². The molecule has 2 aromatic rings. The van der Waals surface area contributed by atoms with E-state index in [1.807, 2.05) is 24.3 Å². The lowest BCUT2D eigenvalue weighted by Crippen LogP contribution is -2.23. The van der Waals surface area contributed by atoms with Crippen molar-refractivity contribution < 1.29 is 13.9 Å². The van der Waals surface area contributed by atoms with Gasteiger partial charge in [-0.15, -0.1) is 0 Å². The van der Waals surface area contributed by atoms with E-state index in [-0.39, 0.29) is 11.7 Å². The van der Waals surface area contributed by atoms with Crippen molar-refractivity contribution in [1.82, 2.24) is 4.90 Å². The van der Waals surface area contributed by atoms with Crippen molar-refractivity contribution in [3.8, 4) is 5.75 Å². The summed E-state index contributed by atoms with van der Waals surface area (Å²) in [6, 6.07) is 11.9. The molecule has 0 saturated heterocycles. The number of carbonyl (C=O) groups is 1. The Kier molecular flexibility index (Phi) is 3.14. The Hall–Kier alpha value is -2.36. The first-order chi connectivity index (χ1) is 9.69. The number of carbonyl (C=O) groups excluding carboxylic acids is 1. The Morgan fingerprint density at radius 2 is 2.05 bits per heavy atom. The largest absolute Gasteiger partial charge is 0.496 e. The minimum Gasteiger partial charge on any atom is -0.496 e. The summed E-state index contributed by atoms with van der Waals surface area (Å²) in [6.45, 7) is 0.993. The van der Waals surface area contributed by atoms with Gasteiger partial charge in [-0.1, -0.05) is 24.3 Å². The number of fused-ring (bicyclic) bond motifs is 1. The van der Waals surface area contributed by atoms with Crippen LogP contribution in [0.5, 0.6) is 5.75 Å². The zero-order valence-electron chi connectivity index (χ0n) is 11.1. The minimum atomic E-state index is -0.346. The van der Waals surface area contributed by atoms with Gasteiger partial charge in [0.25, 0.3) is 5.91 Å². The van der Waals surface area contributed by atoms with Gasteiger partial charge >= 0.3 is 0 Å². The number of rotatable bonds is 3. The molecule has 0 bridgehead atoms. The topological polar surface area (TPSA) is 29.5 Å². The molecule has 0 N–H and O–H groups in total. The number of hydrogen-bond donors (Lipinski definition) is 0. The molecule has 0 unspecified atom stereocenters. The van der Waals surface area contributed by atoms with Gasteiger partial charge in [0.1, 0.15) is 11.6 Å². The molecular formula is C16H14FNO2. The monoisotopic (exact) mass is 271 g/mol. The molecule has 1 aliphatic rings. The minimum absolute atomic E-state index is 0.00646. The van der Waals surface area contributed by atoms with Crippen molar-refractivity contribution in [2.75, 3.05) is 7.11 Å². The number of ether oxygens (including phenoxy) is 1. The highest BCUT2D eigenvalue weighted by Gasteiger charge is 2.27. The molecule has 1 heterocycles. The Balaban J connectivity index is 1.86. The van der Waals surface area contributed by atoms with Crippen LogP contribution in [0.15, 0.2) is 42.5 Å². The second kappa shape index (κ2) is 4.96. The molecule has 3 nitrogen and oxygen atoms in total. The fourth-order valence-electron chi connectivity index (χ4n) is 2.50. The molecule has 0 aliphatic carbocycles. The second-order valence-electron chi connectivity index (χ2n) is 4.77. The number of benzene rings is 2. The maximum absolute atomic E-state index is 13.2. The van der Waals surface area contributed by atoms with Gasteiger partial charge < -0.3 is 9.64 Å². The normalized spacial score (nSPS) is 13.5. The third-order valence-corrected chi connectivity index (χ3v) is 3.51. The van der Waals surface area contributed by atoms with E-state index in [1.165, 1.54) is 19.2 Å². The summed E-state index contributed by atoms with van der Waals surface area (Å²) in [6.07, 6.45) is 0. The van der Waals surface area contributed by atoms with E-state index in [0.29, 0.717) is 18.8 Å². The molecule has 0 spiro atoms. The summed E-state index contributed by atoms with van der Waals surface area (Å²) in [5.41, 5.74) is 2.57. The molecule has 0 atom stereocenters. The van der Waals surface area contributed by atoms with Crippen molar-refractivity contribution in [3.63, 3.8) is 0 Å². The van der Waals surface area contributed by atoms with Gasteiger partial charge in [-0.2, -0.15) is 0 Å². The number of hydrogen-bond acceptors (Lipinski definition) is 2. The SMILES string of the molecule is COc1cc(F)ccc1CN1Cc2ccccc2C1=O. The molecule has 0 radical (unpaired) electrons. The summed E-state index contributed by atoms with van der Waals surface area (Å²) in [5.74, 6) is 0.127. The number of amides is 1. The van der Waals surface area contributed by atoms with Gasteiger partial charge in [-0.3, -0.25) is 4.79 Å². The Labute approximate surface area is 116 Å². The van der Waals surface area contributed by atoms with E-state index < -0.39 is 0 Å². The molecule has 20 heavy (non-hydrogen) atoms. The average molecular weight is 271 g/mol. The Morgan fingerprint density at radius 1 is 1.25 bits per heavy atom. The molecule has 4 heteroatoms. The summed E-state index contributed by atoms with van der Waals surface area (Å²) in [5, 5.41) is 0. The van der Waals surface area contributed by atoms with Crippen LogP contribution in [0.25, 0.3) is 0 Å². The lowest BCUT2D eigenvalue weighted by atomic mass is 10.1. The van der Waals surface area contributed by atoms with Gasteiger partial charge in [0.15, 0.2) is 0 Å². The highest BCUT2D eigenvalue weighted by atomic mass is 19.1. The third kappa shape index (κ3) is 2.13. The maximum Gasteiger partial charge on any atom is 0.254 e. The summed E-state index contributed by atoms with van der Waals surface area (Å²) < 4.78 is 18.3. The summed E-state index contributed by atoms with van der Waals surface area (Å²) in [4.78, 5) is 14.0. The molecule has 102 valence electrons. The van der Waals surface area contributed by atoms with Crippen LogP contribution in [-0.4, -0.2) is 17.9 Å². The van der Waals surface area contributed by atoms with Gasteiger partial charge in [0.05, 0.1) is 7.11 Å². The summed E-state index contributed by atoms with van der Waals surface area (Å²) >= 11 is 0. The molecule has 0 fully saturated rings. The summed E-state index contributed by atoms with van der Waals surface area (Å²) in [7, 11) is 1.50. The molecular weight excluding hydrogens is 257 g/mol. The van der Waals surface area contributed by atoms with E-state index in [0.717, 1.165) is 16.7 Å². The highest BCUT2D eigenvalue weighted by molar-refractivity contribution is 5.98. The van der Waals surface area contributed by atoms with Gasteiger partial charge in [-0.25, -0.2) is 4.39 Å². The quantitative estimate of drug-likeness (QED) is 0.859. The van der Waals surface area contributed by atoms with E-state index in [9.17, 15) is 9.18 Å². The van der Waals surface area contributed by atoms with Crippen LogP contribution in [0.2, 0.25) is 0 Å². The molecule has 1 aliphatic heterocycles. The third-order valence-electron chi connectivity index (χ3n) is 3.51. The number of halogens is 1. The first kappa shape index (κ1) is 12.7. The smallest absolute Gasteiger partial charge is 0.254 e. The second-order valence-corrected chi connectivity index (χ2v) is 4.77. The molecule has 1 amide bonds. The Bertz CT molecular complexity index is 669. The van der Waals surface area contributed by atoms with Crippen molar-refractivity contribution in [3.05, 3.63) is 65.0 Å². The lowest BCUT2D eigenvalue weighted by molar-refractivity contribution is 0.0765. The van der Waals surface area contributed by atoms with Crippen LogP contribution >= 0.6 is 0 Å². The van der Waals surface area contributed by atoms with E-state index in [1.54, 1.807) is 11.0 Å². The zero-order chi connectivity index (χ0) is 14.1. The molecule has 0 aromatic heterocycles. The average Bonchev–Trinajstić information content (AvgIpc) is 2.78. The molecule has 2 aromatic carbocycles. The number of nitrogens with zero attached hydrogens (tertiary/aromatic N) is 1. The van der Waals surface area contributed by atoms with E-state index in [4.69, 9.17) is 4.74 Å². The van der Waals surface area contributed by atoms with E-state index >= 15 is 0 Å². The van der Waals surface area contributed by atoms with Crippen LogP contribution in [0.4, 0.5) is 4.39 Å². The van der Waals surface area contributed by atoms with Gasteiger partial charge in [0, 0.05) is 30.3 Å². The standard InChI is InChI=1S/C16H14FNO2/c1-20-15-8-13(17)7-6-12(15)10-18-9-11-4-2-3-5-14(11)16(18)19/h2-8H,9-10H2,1H3. The van der Waals surface area contributed by atoms with Crippen LogP contribution in [-0.2, 0) is 13.1 Å². The molecule has 3 rings (SSSR count). The Morgan fingerprint density at radius 3 is 2.80 bits per heavy atom. The van der Waals surface area contributed by atoms with Crippen LogP contribution in [0.1, 0.15) is 21.5 Å². The van der Waals surface area contributed by atoms with Crippen molar-refractivity contribution in [2.45, 2.75) is 13.1 Å². The molecule has 0 saturated carbocycles. The number of methoxy groups -OCH3 is 1. The van der Waals surface area contributed by atoms with E-state index in [2.05, 4.69) is 0 Å². The van der Waals surface area contributed by atoms with Crippen LogP contribution < -0.4 is 4.74 Å². The van der Waals surface area contributed by atoms with Crippen molar-refractivity contribution >= 4 is 5.91 Å². The lowest BCUT2D eigenvalue weighted by Gasteiger charge is -2.17. The first-order valence-electron chi connectivity index (χ1n) is 6.38. The van der Waals surface area contributed by atoms with Crippen LogP contribution in [0.3, 0.4) is 0 Å². The maximum atomic E-state index is 13.2. The predicted molar refractivity (Wildman–Crippen MR) is 73.0 cm³/mol. The first-order valence-corrected chi connectivity index (χ1v) is 6.38. The fourth-order valence-corrected chi connectivity index (χ4v) is 2.50. The van der Waals surface area contributed by atoms with Gasteiger partial charge in [-0.05, 0) is 17.7 Å². The van der Waals surface area contributed by atoms with Gasteiger partial charge in [0.2, 0.25) is 0 Å². The zero-order valence-corrected chi connectivity index (χ0v) is 11.1.